The number of ether oxygens (including phenoxy) is 1. The number of amides is 1. The molecule has 0 aliphatic carbocycles. The molecule has 116 valence electrons. The van der Waals surface area contributed by atoms with Crippen molar-refractivity contribution in [2.75, 3.05) is 12.4 Å². The molecule has 2 heterocycles. The fourth-order valence-electron chi connectivity index (χ4n) is 2.18. The summed E-state index contributed by atoms with van der Waals surface area (Å²) in [7, 11) is 1.60. The number of benzene rings is 1. The molecule has 5 nitrogen and oxygen atoms in total. The number of hydrogen-bond acceptors (Lipinski definition) is 5. The van der Waals surface area contributed by atoms with Gasteiger partial charge in [0.1, 0.15) is 10.8 Å². The summed E-state index contributed by atoms with van der Waals surface area (Å²) in [4.78, 5) is 16.7. The average molecular weight is 325 g/mol. The van der Waals surface area contributed by atoms with Gasteiger partial charge in [-0.05, 0) is 54.9 Å². The SMILES string of the molecule is COc1ccc(C(=O)Nc2cc(C)ns2)cc1-c1ccccn1. The lowest BCUT2D eigenvalue weighted by molar-refractivity contribution is 0.102. The third kappa shape index (κ3) is 3.37. The van der Waals surface area contributed by atoms with Gasteiger partial charge in [0, 0.05) is 17.3 Å². The van der Waals surface area contributed by atoms with Crippen molar-refractivity contribution < 1.29 is 9.53 Å². The van der Waals surface area contributed by atoms with Crippen molar-refractivity contribution in [1.82, 2.24) is 9.36 Å². The predicted octanol–water partition coefficient (Wildman–Crippen LogP) is 3.77. The number of pyridine rings is 1. The summed E-state index contributed by atoms with van der Waals surface area (Å²) in [6, 6.07) is 12.8. The first kappa shape index (κ1) is 15.2. The molecule has 0 unspecified atom stereocenters. The number of aromatic nitrogens is 2. The zero-order valence-electron chi connectivity index (χ0n) is 12.7. The Hall–Kier alpha value is -2.73. The second-order valence-electron chi connectivity index (χ2n) is 4.92. The lowest BCUT2D eigenvalue weighted by atomic mass is 10.1. The van der Waals surface area contributed by atoms with Gasteiger partial charge >= 0.3 is 0 Å². The molecule has 0 spiro atoms. The quantitative estimate of drug-likeness (QED) is 0.793. The lowest BCUT2D eigenvalue weighted by Gasteiger charge is -2.10. The molecular formula is C17H15N3O2S. The molecule has 0 saturated carbocycles. The van der Waals surface area contributed by atoms with Crippen molar-refractivity contribution in [3.8, 4) is 17.0 Å². The maximum atomic E-state index is 12.4. The topological polar surface area (TPSA) is 64.1 Å². The minimum Gasteiger partial charge on any atom is -0.496 e. The molecule has 3 aromatic rings. The zero-order chi connectivity index (χ0) is 16.2. The van der Waals surface area contributed by atoms with Crippen LogP contribution in [-0.4, -0.2) is 22.4 Å². The van der Waals surface area contributed by atoms with Gasteiger partial charge in [-0.1, -0.05) is 6.07 Å². The first-order valence-electron chi connectivity index (χ1n) is 7.01. The molecule has 3 rings (SSSR count). The van der Waals surface area contributed by atoms with Crippen molar-refractivity contribution in [2.24, 2.45) is 0 Å². The Morgan fingerprint density at radius 1 is 1.22 bits per heavy atom. The molecule has 1 amide bonds. The third-order valence-electron chi connectivity index (χ3n) is 3.27. The molecule has 0 bridgehead atoms. The van der Waals surface area contributed by atoms with Crippen LogP contribution >= 0.6 is 11.5 Å². The van der Waals surface area contributed by atoms with Crippen LogP contribution in [-0.2, 0) is 0 Å². The van der Waals surface area contributed by atoms with Gasteiger partial charge in [-0.2, -0.15) is 4.37 Å². The minimum absolute atomic E-state index is 0.187. The number of carbonyl (C=O) groups excluding carboxylic acids is 1. The van der Waals surface area contributed by atoms with Crippen LogP contribution in [0.25, 0.3) is 11.3 Å². The van der Waals surface area contributed by atoms with Gasteiger partial charge in [0.15, 0.2) is 0 Å². The molecule has 0 fully saturated rings. The fourth-order valence-corrected chi connectivity index (χ4v) is 2.83. The van der Waals surface area contributed by atoms with Crippen molar-refractivity contribution in [3.05, 3.63) is 59.9 Å². The highest BCUT2D eigenvalue weighted by Gasteiger charge is 2.13. The van der Waals surface area contributed by atoms with Crippen molar-refractivity contribution in [3.63, 3.8) is 0 Å². The van der Waals surface area contributed by atoms with E-state index in [1.54, 1.807) is 31.5 Å². The van der Waals surface area contributed by atoms with E-state index in [4.69, 9.17) is 4.74 Å². The molecule has 0 atom stereocenters. The summed E-state index contributed by atoms with van der Waals surface area (Å²) in [5.74, 6) is 0.488. The molecule has 0 aliphatic heterocycles. The summed E-state index contributed by atoms with van der Waals surface area (Å²) < 4.78 is 9.53. The van der Waals surface area contributed by atoms with E-state index >= 15 is 0 Å². The Labute approximate surface area is 138 Å². The van der Waals surface area contributed by atoms with Crippen molar-refractivity contribution in [1.29, 1.82) is 0 Å². The Balaban J connectivity index is 1.93. The Bertz CT molecular complexity index is 831. The second-order valence-corrected chi connectivity index (χ2v) is 5.72. The average Bonchev–Trinajstić information content (AvgIpc) is 3.00. The van der Waals surface area contributed by atoms with Crippen LogP contribution in [0.5, 0.6) is 5.75 Å². The summed E-state index contributed by atoms with van der Waals surface area (Å²) in [6.45, 7) is 1.89. The maximum absolute atomic E-state index is 12.4. The van der Waals surface area contributed by atoms with Crippen LogP contribution < -0.4 is 10.1 Å². The molecule has 23 heavy (non-hydrogen) atoms. The Morgan fingerprint density at radius 3 is 2.74 bits per heavy atom. The van der Waals surface area contributed by atoms with E-state index in [0.29, 0.717) is 11.3 Å². The molecule has 1 N–H and O–H groups in total. The summed E-state index contributed by atoms with van der Waals surface area (Å²) in [5, 5.41) is 3.58. The highest BCUT2D eigenvalue weighted by molar-refractivity contribution is 7.10. The molecule has 0 saturated heterocycles. The number of anilines is 1. The van der Waals surface area contributed by atoms with Crippen LogP contribution in [0.2, 0.25) is 0 Å². The van der Waals surface area contributed by atoms with E-state index in [9.17, 15) is 4.79 Å². The predicted molar refractivity (Wildman–Crippen MR) is 91.0 cm³/mol. The number of methoxy groups -OCH3 is 1. The van der Waals surface area contributed by atoms with Gasteiger partial charge in [0.05, 0.1) is 18.5 Å². The Kier molecular flexibility index (Phi) is 4.34. The summed E-state index contributed by atoms with van der Waals surface area (Å²) >= 11 is 1.26. The second kappa shape index (κ2) is 6.58. The number of nitrogens with zero attached hydrogens (tertiary/aromatic N) is 2. The Morgan fingerprint density at radius 2 is 2.09 bits per heavy atom. The van der Waals surface area contributed by atoms with Crippen LogP contribution in [0, 0.1) is 6.92 Å². The van der Waals surface area contributed by atoms with Gasteiger partial charge < -0.3 is 10.1 Å². The summed E-state index contributed by atoms with van der Waals surface area (Å²) in [6.07, 6.45) is 1.71. The number of carbonyl (C=O) groups is 1. The van der Waals surface area contributed by atoms with E-state index in [1.807, 2.05) is 31.2 Å². The molecule has 6 heteroatoms. The van der Waals surface area contributed by atoms with Crippen LogP contribution in [0.4, 0.5) is 5.00 Å². The normalized spacial score (nSPS) is 10.3. The van der Waals surface area contributed by atoms with Gasteiger partial charge in [-0.3, -0.25) is 9.78 Å². The highest BCUT2D eigenvalue weighted by Crippen LogP contribution is 2.29. The highest BCUT2D eigenvalue weighted by atomic mass is 32.1. The van der Waals surface area contributed by atoms with Crippen molar-refractivity contribution in [2.45, 2.75) is 6.92 Å². The fraction of sp³-hybridized carbons (Fsp3) is 0.118. The zero-order valence-corrected chi connectivity index (χ0v) is 13.6. The first-order valence-corrected chi connectivity index (χ1v) is 7.79. The summed E-state index contributed by atoms with van der Waals surface area (Å²) in [5.41, 5.74) is 2.96. The smallest absolute Gasteiger partial charge is 0.256 e. The van der Waals surface area contributed by atoms with Crippen molar-refractivity contribution >= 4 is 22.4 Å². The maximum Gasteiger partial charge on any atom is 0.256 e. The minimum atomic E-state index is -0.187. The van der Waals surface area contributed by atoms with E-state index in [-0.39, 0.29) is 5.91 Å². The molecule has 0 radical (unpaired) electrons. The standard InChI is InChI=1S/C17H15N3O2S/c1-11-9-16(23-20-11)19-17(21)12-6-7-15(22-2)13(10-12)14-5-3-4-8-18-14/h3-10H,1-2H3,(H,19,21). The number of aryl methyl sites for hydroxylation is 1. The number of hydrogen-bond donors (Lipinski definition) is 1. The van der Waals surface area contributed by atoms with E-state index in [1.165, 1.54) is 11.5 Å². The largest absolute Gasteiger partial charge is 0.496 e. The van der Waals surface area contributed by atoms with E-state index in [2.05, 4.69) is 14.7 Å². The van der Waals surface area contributed by atoms with Gasteiger partial charge in [0.2, 0.25) is 0 Å². The van der Waals surface area contributed by atoms with Gasteiger partial charge in [0.25, 0.3) is 5.91 Å². The number of nitrogens with one attached hydrogen (secondary N) is 1. The molecule has 2 aromatic heterocycles. The molecule has 1 aromatic carbocycles. The molecule has 0 aliphatic rings. The van der Waals surface area contributed by atoms with E-state index < -0.39 is 0 Å². The van der Waals surface area contributed by atoms with Crippen LogP contribution in [0.15, 0.2) is 48.7 Å². The molecular weight excluding hydrogens is 310 g/mol. The monoisotopic (exact) mass is 325 g/mol. The number of rotatable bonds is 4. The van der Waals surface area contributed by atoms with Gasteiger partial charge in [-0.25, -0.2) is 0 Å². The third-order valence-corrected chi connectivity index (χ3v) is 4.06. The van der Waals surface area contributed by atoms with Crippen LogP contribution in [0.1, 0.15) is 16.1 Å². The van der Waals surface area contributed by atoms with Crippen LogP contribution in [0.3, 0.4) is 0 Å². The lowest BCUT2D eigenvalue weighted by Crippen LogP contribution is -2.11. The van der Waals surface area contributed by atoms with Gasteiger partial charge in [-0.15, -0.1) is 0 Å². The first-order chi connectivity index (χ1) is 11.2. The van der Waals surface area contributed by atoms with E-state index in [0.717, 1.165) is 22.0 Å².